The normalized spacial score (nSPS) is 22.9. The van der Waals surface area contributed by atoms with Crippen LogP contribution in [0, 0.1) is 5.41 Å². The number of amides is 1. The SMILES string of the molecule is CC(C)(C)/C=C/C(=O)NC1CCNC1. The van der Waals surface area contributed by atoms with E-state index in [1.807, 2.05) is 6.08 Å². The van der Waals surface area contributed by atoms with Gasteiger partial charge in [0.25, 0.3) is 0 Å². The number of hydrogen-bond donors (Lipinski definition) is 2. The first-order valence-corrected chi connectivity index (χ1v) is 5.18. The van der Waals surface area contributed by atoms with Crippen LogP contribution in [-0.4, -0.2) is 25.0 Å². The Morgan fingerprint density at radius 1 is 1.50 bits per heavy atom. The van der Waals surface area contributed by atoms with Gasteiger partial charge in [0.15, 0.2) is 0 Å². The lowest BCUT2D eigenvalue weighted by Crippen LogP contribution is -2.35. The van der Waals surface area contributed by atoms with E-state index < -0.39 is 0 Å². The van der Waals surface area contributed by atoms with Gasteiger partial charge in [-0.3, -0.25) is 4.79 Å². The van der Waals surface area contributed by atoms with E-state index in [1.165, 1.54) is 0 Å². The molecule has 0 aliphatic carbocycles. The molecule has 0 spiro atoms. The Kier molecular flexibility index (Phi) is 3.69. The summed E-state index contributed by atoms with van der Waals surface area (Å²) in [6.45, 7) is 8.14. The van der Waals surface area contributed by atoms with Gasteiger partial charge in [-0.2, -0.15) is 0 Å². The third-order valence-corrected chi connectivity index (χ3v) is 2.14. The third-order valence-electron chi connectivity index (χ3n) is 2.14. The van der Waals surface area contributed by atoms with Crippen LogP contribution in [0.5, 0.6) is 0 Å². The highest BCUT2D eigenvalue weighted by Gasteiger charge is 2.15. The van der Waals surface area contributed by atoms with Crippen LogP contribution in [-0.2, 0) is 4.79 Å². The number of carbonyl (C=O) groups excluding carboxylic acids is 1. The average Bonchev–Trinajstić information content (AvgIpc) is 2.52. The standard InChI is InChI=1S/C11H20N2O/c1-11(2,3)6-4-10(14)13-9-5-7-12-8-9/h4,6,9,12H,5,7-8H2,1-3H3,(H,13,14)/b6-4+. The van der Waals surface area contributed by atoms with E-state index in [0.29, 0.717) is 6.04 Å². The maximum atomic E-state index is 11.4. The van der Waals surface area contributed by atoms with E-state index in [1.54, 1.807) is 6.08 Å². The summed E-state index contributed by atoms with van der Waals surface area (Å²) in [6.07, 6.45) is 4.61. The molecule has 1 atom stereocenters. The summed E-state index contributed by atoms with van der Waals surface area (Å²) in [7, 11) is 0. The fourth-order valence-electron chi connectivity index (χ4n) is 1.35. The van der Waals surface area contributed by atoms with Gasteiger partial charge >= 0.3 is 0 Å². The molecule has 3 nitrogen and oxygen atoms in total. The highest BCUT2D eigenvalue weighted by atomic mass is 16.1. The maximum absolute atomic E-state index is 11.4. The van der Waals surface area contributed by atoms with Gasteiger partial charge in [0.05, 0.1) is 0 Å². The van der Waals surface area contributed by atoms with Crippen LogP contribution in [0.1, 0.15) is 27.2 Å². The minimum atomic E-state index is 0.0219. The Morgan fingerprint density at radius 3 is 2.71 bits per heavy atom. The highest BCUT2D eigenvalue weighted by molar-refractivity contribution is 5.87. The molecule has 2 N–H and O–H groups in total. The van der Waals surface area contributed by atoms with E-state index in [0.717, 1.165) is 19.5 Å². The summed E-state index contributed by atoms with van der Waals surface area (Å²) in [5.74, 6) is 0.0219. The lowest BCUT2D eigenvalue weighted by atomic mass is 9.96. The summed E-state index contributed by atoms with van der Waals surface area (Å²) >= 11 is 0. The van der Waals surface area contributed by atoms with Crippen LogP contribution >= 0.6 is 0 Å². The van der Waals surface area contributed by atoms with E-state index in [4.69, 9.17) is 0 Å². The zero-order valence-electron chi connectivity index (χ0n) is 9.26. The Labute approximate surface area is 86.0 Å². The molecule has 1 saturated heterocycles. The molecule has 80 valence electrons. The van der Waals surface area contributed by atoms with Gasteiger partial charge in [-0.25, -0.2) is 0 Å². The predicted octanol–water partition coefficient (Wildman–Crippen LogP) is 1.07. The Morgan fingerprint density at radius 2 is 2.21 bits per heavy atom. The van der Waals surface area contributed by atoms with Gasteiger partial charge in [-0.05, 0) is 24.5 Å². The molecule has 1 fully saturated rings. The Hall–Kier alpha value is -0.830. The summed E-state index contributed by atoms with van der Waals surface area (Å²) in [5, 5.41) is 6.17. The van der Waals surface area contributed by atoms with E-state index in [9.17, 15) is 4.79 Å². The minimum absolute atomic E-state index is 0.0219. The maximum Gasteiger partial charge on any atom is 0.243 e. The van der Waals surface area contributed by atoms with Gasteiger partial charge in [-0.1, -0.05) is 26.8 Å². The largest absolute Gasteiger partial charge is 0.349 e. The van der Waals surface area contributed by atoms with E-state index in [2.05, 4.69) is 31.4 Å². The highest BCUT2D eigenvalue weighted by Crippen LogP contribution is 2.14. The summed E-state index contributed by atoms with van der Waals surface area (Å²) in [6, 6.07) is 0.312. The molecule has 3 heteroatoms. The number of carbonyl (C=O) groups is 1. The molecule has 0 bridgehead atoms. The molecule has 0 aromatic carbocycles. The summed E-state index contributed by atoms with van der Waals surface area (Å²) in [4.78, 5) is 11.4. The number of hydrogen-bond acceptors (Lipinski definition) is 2. The first-order chi connectivity index (χ1) is 6.47. The molecule has 1 unspecified atom stereocenters. The fraction of sp³-hybridized carbons (Fsp3) is 0.727. The zero-order valence-corrected chi connectivity index (χ0v) is 9.26. The molecule has 1 aliphatic heterocycles. The zero-order chi connectivity index (χ0) is 10.6. The van der Waals surface area contributed by atoms with Crippen molar-refractivity contribution in [2.45, 2.75) is 33.2 Å². The van der Waals surface area contributed by atoms with Crippen LogP contribution in [0.4, 0.5) is 0 Å². The third kappa shape index (κ3) is 4.42. The summed E-state index contributed by atoms with van der Waals surface area (Å²) in [5.41, 5.74) is 0.0747. The number of allylic oxidation sites excluding steroid dienone is 1. The first-order valence-electron chi connectivity index (χ1n) is 5.18. The van der Waals surface area contributed by atoms with Crippen molar-refractivity contribution in [3.8, 4) is 0 Å². The van der Waals surface area contributed by atoms with E-state index >= 15 is 0 Å². The van der Waals surface area contributed by atoms with Crippen molar-refractivity contribution in [3.63, 3.8) is 0 Å². The van der Waals surface area contributed by atoms with Crippen molar-refractivity contribution in [3.05, 3.63) is 12.2 Å². The molecule has 1 rings (SSSR count). The topological polar surface area (TPSA) is 41.1 Å². The van der Waals surface area contributed by atoms with Crippen LogP contribution < -0.4 is 10.6 Å². The second-order valence-electron chi connectivity index (χ2n) is 4.90. The molecule has 14 heavy (non-hydrogen) atoms. The predicted molar refractivity (Wildman–Crippen MR) is 58.0 cm³/mol. The molecule has 0 radical (unpaired) electrons. The van der Waals surface area contributed by atoms with E-state index in [-0.39, 0.29) is 11.3 Å². The number of rotatable bonds is 2. The second-order valence-corrected chi connectivity index (χ2v) is 4.90. The minimum Gasteiger partial charge on any atom is -0.349 e. The second kappa shape index (κ2) is 4.60. The van der Waals surface area contributed by atoms with Gasteiger partial charge in [0.1, 0.15) is 0 Å². The molecule has 1 amide bonds. The van der Waals surface area contributed by atoms with Gasteiger partial charge in [0.2, 0.25) is 5.91 Å². The smallest absolute Gasteiger partial charge is 0.243 e. The molecule has 1 heterocycles. The van der Waals surface area contributed by atoms with Gasteiger partial charge < -0.3 is 10.6 Å². The van der Waals surface area contributed by atoms with Crippen LogP contribution in [0.2, 0.25) is 0 Å². The molecular weight excluding hydrogens is 176 g/mol. The first kappa shape index (κ1) is 11.2. The number of nitrogens with one attached hydrogen (secondary N) is 2. The Balaban J connectivity index is 2.31. The van der Waals surface area contributed by atoms with Crippen molar-refractivity contribution in [2.24, 2.45) is 5.41 Å². The molecule has 0 aromatic heterocycles. The van der Waals surface area contributed by atoms with Crippen LogP contribution in [0.3, 0.4) is 0 Å². The van der Waals surface area contributed by atoms with Crippen molar-refractivity contribution < 1.29 is 4.79 Å². The lowest BCUT2D eigenvalue weighted by molar-refractivity contribution is -0.117. The molecule has 0 aromatic rings. The van der Waals surface area contributed by atoms with Gasteiger partial charge in [-0.15, -0.1) is 0 Å². The molecule has 0 saturated carbocycles. The van der Waals surface area contributed by atoms with Crippen molar-refractivity contribution in [1.29, 1.82) is 0 Å². The van der Waals surface area contributed by atoms with Crippen LogP contribution in [0.25, 0.3) is 0 Å². The average molecular weight is 196 g/mol. The summed E-state index contributed by atoms with van der Waals surface area (Å²) < 4.78 is 0. The van der Waals surface area contributed by atoms with Crippen molar-refractivity contribution in [2.75, 3.05) is 13.1 Å². The van der Waals surface area contributed by atoms with Gasteiger partial charge in [0, 0.05) is 12.6 Å². The lowest BCUT2D eigenvalue weighted by Gasteiger charge is -2.12. The van der Waals surface area contributed by atoms with Crippen molar-refractivity contribution in [1.82, 2.24) is 10.6 Å². The van der Waals surface area contributed by atoms with Crippen molar-refractivity contribution >= 4 is 5.91 Å². The Bertz CT molecular complexity index is 222. The van der Waals surface area contributed by atoms with Crippen LogP contribution in [0.15, 0.2) is 12.2 Å². The monoisotopic (exact) mass is 196 g/mol. The fourth-order valence-corrected chi connectivity index (χ4v) is 1.35. The quantitative estimate of drug-likeness (QED) is 0.649. The molecular formula is C11H20N2O. The molecule has 1 aliphatic rings.